The fourth-order valence-corrected chi connectivity index (χ4v) is 7.68. The first kappa shape index (κ1) is 25.5. The van der Waals surface area contributed by atoms with Crippen molar-refractivity contribution in [1.82, 2.24) is 14.1 Å². The van der Waals surface area contributed by atoms with Gasteiger partial charge in [0.1, 0.15) is 11.3 Å². The van der Waals surface area contributed by atoms with Crippen LogP contribution in [0.25, 0.3) is 71.9 Å². The molecule has 4 nitrogen and oxygen atoms in total. The average molecular weight is 592 g/mol. The van der Waals surface area contributed by atoms with Gasteiger partial charge >= 0.3 is 0 Å². The lowest BCUT2D eigenvalue weighted by Crippen LogP contribution is -2.12. The van der Waals surface area contributed by atoms with Crippen molar-refractivity contribution in [2.24, 2.45) is 0 Å². The van der Waals surface area contributed by atoms with Gasteiger partial charge in [-0.1, -0.05) is 84.9 Å². The standard InChI is InChI=1S/C42H29N3O/c1-2-9-27(10-3-1)26-44-36-13-6-4-11-31(36)33-23-28(16-19-37(33)44)29-17-20-40-34(24-29)35-25-30(18-21-41(35)46-40)45-38-14-7-5-12-32(38)42-39(45)15-8-22-43-42/h1-24,30H,25-26H2. The number of fused-ring (bicyclic) bond motifs is 9. The van der Waals surface area contributed by atoms with E-state index in [1.807, 2.05) is 12.3 Å². The smallest absolute Gasteiger partial charge is 0.135 e. The van der Waals surface area contributed by atoms with Crippen molar-refractivity contribution in [2.75, 3.05) is 0 Å². The van der Waals surface area contributed by atoms with Crippen molar-refractivity contribution < 1.29 is 4.42 Å². The molecule has 0 saturated heterocycles. The first-order valence-corrected chi connectivity index (χ1v) is 15.9. The Morgan fingerprint density at radius 1 is 0.630 bits per heavy atom. The number of furan rings is 1. The summed E-state index contributed by atoms with van der Waals surface area (Å²) in [4.78, 5) is 4.75. The van der Waals surface area contributed by atoms with Gasteiger partial charge in [0.15, 0.2) is 0 Å². The maximum atomic E-state index is 6.40. The Balaban J connectivity index is 1.08. The van der Waals surface area contributed by atoms with Gasteiger partial charge in [-0.3, -0.25) is 4.98 Å². The molecule has 9 aromatic rings. The van der Waals surface area contributed by atoms with Gasteiger partial charge in [0.05, 0.1) is 22.6 Å². The van der Waals surface area contributed by atoms with E-state index in [1.165, 1.54) is 60.3 Å². The first-order chi connectivity index (χ1) is 22.8. The molecule has 10 rings (SSSR count). The molecular weight excluding hydrogens is 562 g/mol. The van der Waals surface area contributed by atoms with E-state index >= 15 is 0 Å². The summed E-state index contributed by atoms with van der Waals surface area (Å²) in [6.45, 7) is 0.841. The number of pyridine rings is 1. The summed E-state index contributed by atoms with van der Waals surface area (Å²) in [6, 6.07) is 46.0. The molecule has 4 aromatic heterocycles. The van der Waals surface area contributed by atoms with E-state index in [-0.39, 0.29) is 6.04 Å². The minimum absolute atomic E-state index is 0.163. The van der Waals surface area contributed by atoms with E-state index in [9.17, 15) is 0 Å². The molecular formula is C42H29N3O. The molecule has 0 saturated carbocycles. The molecule has 46 heavy (non-hydrogen) atoms. The van der Waals surface area contributed by atoms with Gasteiger partial charge < -0.3 is 13.6 Å². The third-order valence-corrected chi connectivity index (χ3v) is 9.79. The highest BCUT2D eigenvalue weighted by Crippen LogP contribution is 2.40. The van der Waals surface area contributed by atoms with Gasteiger partial charge in [0.25, 0.3) is 0 Å². The van der Waals surface area contributed by atoms with Gasteiger partial charge in [-0.25, -0.2) is 0 Å². The third-order valence-electron chi connectivity index (χ3n) is 9.79. The second kappa shape index (κ2) is 9.82. The highest BCUT2D eigenvalue weighted by atomic mass is 16.3. The van der Waals surface area contributed by atoms with E-state index in [2.05, 4.69) is 143 Å². The van der Waals surface area contributed by atoms with Crippen molar-refractivity contribution in [1.29, 1.82) is 0 Å². The fourth-order valence-electron chi connectivity index (χ4n) is 7.68. The number of allylic oxidation sites excluding steroid dienone is 1. The van der Waals surface area contributed by atoms with Crippen LogP contribution in [0.2, 0.25) is 0 Å². The number of benzene rings is 5. The number of aromatic nitrogens is 3. The highest BCUT2D eigenvalue weighted by molar-refractivity contribution is 6.10. The van der Waals surface area contributed by atoms with Crippen molar-refractivity contribution in [2.45, 2.75) is 19.0 Å². The van der Waals surface area contributed by atoms with Crippen molar-refractivity contribution in [3.05, 3.63) is 157 Å². The second-order valence-electron chi connectivity index (χ2n) is 12.4. The maximum Gasteiger partial charge on any atom is 0.135 e. The summed E-state index contributed by atoms with van der Waals surface area (Å²) in [7, 11) is 0. The Hall–Kier alpha value is -5.87. The van der Waals surface area contributed by atoms with Crippen molar-refractivity contribution in [3.63, 3.8) is 0 Å². The molecule has 4 heteroatoms. The van der Waals surface area contributed by atoms with Crippen LogP contribution >= 0.6 is 0 Å². The summed E-state index contributed by atoms with van der Waals surface area (Å²) in [5.74, 6) is 0.960. The van der Waals surface area contributed by atoms with E-state index in [4.69, 9.17) is 9.40 Å². The van der Waals surface area contributed by atoms with Crippen LogP contribution in [0.5, 0.6) is 0 Å². The molecule has 1 aliphatic rings. The molecule has 218 valence electrons. The molecule has 0 amide bonds. The van der Waals surface area contributed by atoms with Crippen LogP contribution in [0.1, 0.15) is 22.9 Å². The fraction of sp³-hybridized carbons (Fsp3) is 0.0714. The van der Waals surface area contributed by atoms with E-state index in [0.29, 0.717) is 0 Å². The predicted molar refractivity (Wildman–Crippen MR) is 189 cm³/mol. The van der Waals surface area contributed by atoms with Gasteiger partial charge in [-0.05, 0) is 71.3 Å². The van der Waals surface area contributed by atoms with Gasteiger partial charge in [-0.2, -0.15) is 0 Å². The number of rotatable bonds is 4. The van der Waals surface area contributed by atoms with E-state index in [0.717, 1.165) is 35.3 Å². The molecule has 0 N–H and O–H groups in total. The molecule has 0 radical (unpaired) electrons. The summed E-state index contributed by atoms with van der Waals surface area (Å²) >= 11 is 0. The zero-order chi connectivity index (χ0) is 30.2. The van der Waals surface area contributed by atoms with Gasteiger partial charge in [-0.15, -0.1) is 0 Å². The average Bonchev–Trinajstić information content (AvgIpc) is 3.76. The predicted octanol–water partition coefficient (Wildman–Crippen LogP) is 10.6. The number of hydrogen-bond donors (Lipinski definition) is 0. The number of hydrogen-bond acceptors (Lipinski definition) is 2. The van der Waals surface area contributed by atoms with Crippen molar-refractivity contribution >= 4 is 60.8 Å². The largest absolute Gasteiger partial charge is 0.456 e. The lowest BCUT2D eigenvalue weighted by molar-refractivity contribution is 0.572. The summed E-state index contributed by atoms with van der Waals surface area (Å²) in [5.41, 5.74) is 11.8. The van der Waals surface area contributed by atoms with Crippen LogP contribution in [0.4, 0.5) is 0 Å². The number of nitrogens with zero attached hydrogens (tertiary/aromatic N) is 3. The normalized spacial score (nSPS) is 14.7. The molecule has 1 aliphatic carbocycles. The molecule has 0 spiro atoms. The maximum absolute atomic E-state index is 6.40. The Morgan fingerprint density at radius 2 is 1.35 bits per heavy atom. The van der Waals surface area contributed by atoms with Crippen LogP contribution < -0.4 is 0 Å². The summed E-state index contributed by atoms with van der Waals surface area (Å²) < 4.78 is 11.3. The Labute approximate surface area is 265 Å². The van der Waals surface area contributed by atoms with Crippen LogP contribution in [0, 0.1) is 0 Å². The highest BCUT2D eigenvalue weighted by Gasteiger charge is 2.25. The molecule has 0 bridgehead atoms. The Kier molecular flexibility index (Phi) is 5.43. The second-order valence-corrected chi connectivity index (χ2v) is 12.4. The minimum Gasteiger partial charge on any atom is -0.456 e. The molecule has 1 atom stereocenters. The number of para-hydroxylation sites is 2. The lowest BCUT2D eigenvalue weighted by atomic mass is 9.94. The van der Waals surface area contributed by atoms with Crippen LogP contribution in [-0.4, -0.2) is 14.1 Å². The zero-order valence-electron chi connectivity index (χ0n) is 25.1. The lowest BCUT2D eigenvalue weighted by Gasteiger charge is -2.21. The Bertz CT molecular complexity index is 2600. The SMILES string of the molecule is C1=CC(n2c3ccccc3c3ncccc32)Cc2c1oc1ccc(-c3ccc4c(c3)c3ccccc3n4Cc3ccccc3)cc21. The first-order valence-electron chi connectivity index (χ1n) is 15.9. The van der Waals surface area contributed by atoms with E-state index < -0.39 is 0 Å². The zero-order valence-corrected chi connectivity index (χ0v) is 25.1. The topological polar surface area (TPSA) is 35.9 Å². The van der Waals surface area contributed by atoms with Gasteiger partial charge in [0, 0.05) is 57.3 Å². The quantitative estimate of drug-likeness (QED) is 0.204. The molecule has 0 fully saturated rings. The summed E-state index contributed by atoms with van der Waals surface area (Å²) in [5, 5.41) is 4.94. The molecule has 1 unspecified atom stereocenters. The van der Waals surface area contributed by atoms with Crippen molar-refractivity contribution in [3.8, 4) is 11.1 Å². The Morgan fingerprint density at radius 3 is 2.24 bits per heavy atom. The van der Waals surface area contributed by atoms with E-state index in [1.54, 1.807) is 0 Å². The minimum atomic E-state index is 0.163. The van der Waals surface area contributed by atoms with Crippen LogP contribution in [0.15, 0.2) is 144 Å². The van der Waals surface area contributed by atoms with Crippen LogP contribution in [0.3, 0.4) is 0 Å². The molecule has 4 heterocycles. The third kappa shape index (κ3) is 3.77. The molecule has 5 aromatic carbocycles. The van der Waals surface area contributed by atoms with Gasteiger partial charge in [0.2, 0.25) is 0 Å². The summed E-state index contributed by atoms with van der Waals surface area (Å²) in [6.07, 6.45) is 7.19. The monoisotopic (exact) mass is 591 g/mol. The molecule has 0 aliphatic heterocycles. The van der Waals surface area contributed by atoms with Crippen LogP contribution in [-0.2, 0) is 13.0 Å².